The van der Waals surface area contributed by atoms with Crippen LogP contribution in [0.4, 0.5) is 11.4 Å². The molecule has 4 rings (SSSR count). The molecular weight excluding hydrogens is 492 g/mol. The molecule has 0 radical (unpaired) electrons. The van der Waals surface area contributed by atoms with Crippen molar-refractivity contribution in [3.05, 3.63) is 95.2 Å². The molecule has 2 aromatic carbocycles. The number of rotatable bonds is 9. The molecule has 4 aromatic rings. The summed E-state index contributed by atoms with van der Waals surface area (Å²) in [5.74, 6) is 0.825. The predicted molar refractivity (Wildman–Crippen MR) is 141 cm³/mol. The minimum Gasteiger partial charge on any atom is -0.497 e. The number of hydrogen-bond donors (Lipinski definition) is 1. The minimum absolute atomic E-state index is 0.0598. The number of hydrogen-bond acceptors (Lipinski definition) is 8. The van der Waals surface area contributed by atoms with Crippen LogP contribution in [0.1, 0.15) is 32.9 Å². The Morgan fingerprint density at radius 3 is 2.46 bits per heavy atom. The van der Waals surface area contributed by atoms with Crippen LogP contribution >= 0.6 is 0 Å². The number of furan rings is 1. The van der Waals surface area contributed by atoms with E-state index < -0.39 is 20.9 Å². The summed E-state index contributed by atoms with van der Waals surface area (Å²) in [5.41, 5.74) is 3.77. The van der Waals surface area contributed by atoms with E-state index in [0.717, 1.165) is 28.7 Å². The van der Waals surface area contributed by atoms with Crippen LogP contribution in [0.25, 0.3) is 0 Å². The molecular formula is C27H28N4O5S. The Morgan fingerprint density at radius 1 is 1.08 bits per heavy atom. The quantitative estimate of drug-likeness (QED) is 0.320. The van der Waals surface area contributed by atoms with Crippen LogP contribution in [0.5, 0.6) is 5.75 Å². The van der Waals surface area contributed by atoms with Crippen molar-refractivity contribution in [2.75, 3.05) is 23.6 Å². The second-order valence-electron chi connectivity index (χ2n) is 8.71. The minimum atomic E-state index is -3.76. The summed E-state index contributed by atoms with van der Waals surface area (Å²) in [6, 6.07) is 16.8. The second-order valence-corrected chi connectivity index (χ2v) is 10.6. The fourth-order valence-electron chi connectivity index (χ4n) is 3.84. The van der Waals surface area contributed by atoms with Crippen molar-refractivity contribution < 1.29 is 22.4 Å². The van der Waals surface area contributed by atoms with E-state index in [4.69, 9.17) is 9.15 Å². The second kappa shape index (κ2) is 10.8. The molecule has 9 nitrogen and oxygen atoms in total. The zero-order valence-electron chi connectivity index (χ0n) is 21.1. The van der Waals surface area contributed by atoms with Gasteiger partial charge in [0.05, 0.1) is 31.8 Å². The van der Waals surface area contributed by atoms with Crippen molar-refractivity contribution in [2.24, 2.45) is 0 Å². The molecule has 10 heteroatoms. The number of aromatic nitrogens is 2. The molecule has 2 heterocycles. The molecule has 0 fully saturated rings. The zero-order valence-corrected chi connectivity index (χ0v) is 21.9. The number of methoxy groups -OCH3 is 1. The van der Waals surface area contributed by atoms with E-state index in [1.807, 2.05) is 61.2 Å². The molecule has 37 heavy (non-hydrogen) atoms. The summed E-state index contributed by atoms with van der Waals surface area (Å²) in [4.78, 5) is 23.7. The third kappa shape index (κ3) is 6.34. The van der Waals surface area contributed by atoms with E-state index in [2.05, 4.69) is 15.3 Å². The van der Waals surface area contributed by atoms with Crippen molar-refractivity contribution in [3.63, 3.8) is 0 Å². The lowest BCUT2D eigenvalue weighted by molar-refractivity contribution is 0.102. The molecule has 2 aromatic heterocycles. The van der Waals surface area contributed by atoms with Crippen molar-refractivity contribution in [1.82, 2.24) is 9.97 Å². The van der Waals surface area contributed by atoms with Gasteiger partial charge in [-0.3, -0.25) is 4.79 Å². The number of carbonyl (C=O) groups is 1. The maximum Gasteiger partial charge on any atom is 0.276 e. The highest BCUT2D eigenvalue weighted by atomic mass is 32.2. The third-order valence-corrected chi connectivity index (χ3v) is 6.58. The van der Waals surface area contributed by atoms with Gasteiger partial charge in [-0.1, -0.05) is 29.8 Å². The van der Waals surface area contributed by atoms with E-state index in [-0.39, 0.29) is 5.69 Å². The van der Waals surface area contributed by atoms with Gasteiger partial charge in [0.15, 0.2) is 5.69 Å². The Labute approximate surface area is 216 Å². The van der Waals surface area contributed by atoms with Gasteiger partial charge in [0.25, 0.3) is 5.91 Å². The van der Waals surface area contributed by atoms with Crippen molar-refractivity contribution in [3.8, 4) is 5.75 Å². The number of ether oxygens (including phenoxy) is 1. The first-order valence-corrected chi connectivity index (χ1v) is 13.4. The van der Waals surface area contributed by atoms with Gasteiger partial charge < -0.3 is 19.4 Å². The number of nitrogens with one attached hydrogen (secondary N) is 1. The highest BCUT2D eigenvalue weighted by Gasteiger charge is 2.24. The summed E-state index contributed by atoms with van der Waals surface area (Å²) in [7, 11) is -2.16. The van der Waals surface area contributed by atoms with Gasteiger partial charge in [0, 0.05) is 18.5 Å². The van der Waals surface area contributed by atoms with Crippen LogP contribution in [-0.4, -0.2) is 37.7 Å². The Morgan fingerprint density at radius 2 is 1.84 bits per heavy atom. The lowest BCUT2D eigenvalue weighted by Gasteiger charge is -2.25. The van der Waals surface area contributed by atoms with Gasteiger partial charge in [-0.15, -0.1) is 0 Å². The van der Waals surface area contributed by atoms with E-state index in [9.17, 15) is 13.2 Å². The predicted octanol–water partition coefficient (Wildman–Crippen LogP) is 4.56. The molecule has 0 saturated carbocycles. The first kappa shape index (κ1) is 25.9. The van der Waals surface area contributed by atoms with E-state index in [0.29, 0.717) is 30.2 Å². The van der Waals surface area contributed by atoms with Crippen molar-refractivity contribution in [1.29, 1.82) is 0 Å². The molecule has 0 aliphatic heterocycles. The lowest BCUT2D eigenvalue weighted by atomic mass is 10.1. The first-order chi connectivity index (χ1) is 17.6. The van der Waals surface area contributed by atoms with Gasteiger partial charge in [-0.05, 0) is 55.3 Å². The standard InChI is InChI=1S/C27H28N4O5S/c1-18-7-12-23(19(2)14-18)29-26(32)25-24(15-28-27(30-25)37(4,33)34)31(17-22-6-5-13-36-22)16-20-8-10-21(35-3)11-9-20/h5-15H,16-17H2,1-4H3,(H,29,32). The number of carbonyl (C=O) groups excluding carboxylic acids is 1. The number of amides is 1. The molecule has 0 bridgehead atoms. The Hall–Kier alpha value is -4.18. The fourth-order valence-corrected chi connectivity index (χ4v) is 4.34. The molecule has 1 amide bonds. The zero-order chi connectivity index (χ0) is 26.6. The van der Waals surface area contributed by atoms with E-state index >= 15 is 0 Å². The van der Waals surface area contributed by atoms with Crippen molar-refractivity contribution >= 4 is 27.1 Å². The van der Waals surface area contributed by atoms with Gasteiger partial charge >= 0.3 is 0 Å². The Kier molecular flexibility index (Phi) is 7.58. The van der Waals surface area contributed by atoms with Gasteiger partial charge in [0.2, 0.25) is 15.0 Å². The van der Waals surface area contributed by atoms with Crippen LogP contribution < -0.4 is 15.0 Å². The highest BCUT2D eigenvalue weighted by Crippen LogP contribution is 2.26. The van der Waals surface area contributed by atoms with Crippen molar-refractivity contribution in [2.45, 2.75) is 32.1 Å². The highest BCUT2D eigenvalue weighted by molar-refractivity contribution is 7.90. The number of nitrogens with zero attached hydrogens (tertiary/aromatic N) is 3. The summed E-state index contributed by atoms with van der Waals surface area (Å²) >= 11 is 0. The molecule has 192 valence electrons. The summed E-state index contributed by atoms with van der Waals surface area (Å²) in [6.45, 7) is 4.52. The molecule has 0 aliphatic carbocycles. The molecule has 0 spiro atoms. The number of anilines is 2. The fraction of sp³-hybridized carbons (Fsp3) is 0.222. The summed E-state index contributed by atoms with van der Waals surface area (Å²) in [5, 5.41) is 2.45. The van der Waals surface area contributed by atoms with Crippen LogP contribution in [-0.2, 0) is 22.9 Å². The average Bonchev–Trinajstić information content (AvgIpc) is 3.38. The summed E-state index contributed by atoms with van der Waals surface area (Å²) in [6.07, 6.45) is 3.94. The summed E-state index contributed by atoms with van der Waals surface area (Å²) < 4.78 is 35.3. The monoisotopic (exact) mass is 520 g/mol. The van der Waals surface area contributed by atoms with Crippen LogP contribution in [0, 0.1) is 13.8 Å². The Bertz CT molecular complexity index is 1500. The topological polar surface area (TPSA) is 115 Å². The number of aryl methyl sites for hydroxylation is 2. The molecule has 1 N–H and O–H groups in total. The molecule has 0 aliphatic rings. The lowest BCUT2D eigenvalue weighted by Crippen LogP contribution is -2.27. The smallest absolute Gasteiger partial charge is 0.276 e. The molecule has 0 atom stereocenters. The molecule has 0 saturated heterocycles. The number of benzene rings is 2. The average molecular weight is 521 g/mol. The van der Waals surface area contributed by atoms with Crippen LogP contribution in [0.2, 0.25) is 0 Å². The van der Waals surface area contributed by atoms with Gasteiger partial charge in [0.1, 0.15) is 11.5 Å². The van der Waals surface area contributed by atoms with Crippen LogP contribution in [0.15, 0.2) is 76.6 Å². The first-order valence-electron chi connectivity index (χ1n) is 11.5. The van der Waals surface area contributed by atoms with E-state index in [1.165, 1.54) is 6.20 Å². The maximum atomic E-state index is 13.5. The SMILES string of the molecule is COc1ccc(CN(Cc2ccco2)c2cnc(S(C)(=O)=O)nc2C(=O)Nc2ccc(C)cc2C)cc1. The molecule has 0 unspecified atom stereocenters. The van der Waals surface area contributed by atoms with Crippen LogP contribution in [0.3, 0.4) is 0 Å². The third-order valence-electron chi connectivity index (χ3n) is 5.72. The number of sulfone groups is 1. The van der Waals surface area contributed by atoms with Gasteiger partial charge in [-0.25, -0.2) is 18.4 Å². The largest absolute Gasteiger partial charge is 0.497 e. The maximum absolute atomic E-state index is 13.5. The van der Waals surface area contributed by atoms with E-state index in [1.54, 1.807) is 25.5 Å². The normalized spacial score (nSPS) is 11.2. The van der Waals surface area contributed by atoms with Gasteiger partial charge in [-0.2, -0.15) is 0 Å². The Balaban J connectivity index is 1.78.